The van der Waals surface area contributed by atoms with Gasteiger partial charge in [-0.1, -0.05) is 47.5 Å². The van der Waals surface area contributed by atoms with Crippen molar-refractivity contribution >= 4 is 11.6 Å². The molecule has 0 spiro atoms. The molecule has 0 aliphatic carbocycles. The van der Waals surface area contributed by atoms with Crippen LogP contribution in [-0.4, -0.2) is 0 Å². The maximum atomic E-state index is 6.04. The molecule has 88 valence electrons. The van der Waals surface area contributed by atoms with E-state index in [2.05, 4.69) is 32.0 Å². The maximum absolute atomic E-state index is 6.04. The molecular formula is C15H15ClO. The van der Waals surface area contributed by atoms with Crippen molar-refractivity contribution in [2.45, 2.75) is 20.5 Å². The van der Waals surface area contributed by atoms with E-state index in [0.717, 1.165) is 5.75 Å². The Labute approximate surface area is 107 Å². The van der Waals surface area contributed by atoms with Gasteiger partial charge in [-0.25, -0.2) is 0 Å². The van der Waals surface area contributed by atoms with Crippen molar-refractivity contribution in [1.29, 1.82) is 0 Å². The molecule has 0 heterocycles. The van der Waals surface area contributed by atoms with Gasteiger partial charge in [-0.05, 0) is 37.1 Å². The Kier molecular flexibility index (Phi) is 3.70. The zero-order valence-corrected chi connectivity index (χ0v) is 10.8. The number of aryl methyl sites for hydroxylation is 2. The summed E-state index contributed by atoms with van der Waals surface area (Å²) in [4.78, 5) is 0. The van der Waals surface area contributed by atoms with E-state index in [9.17, 15) is 0 Å². The third-order valence-electron chi connectivity index (χ3n) is 2.72. The highest BCUT2D eigenvalue weighted by Gasteiger charge is 2.03. The lowest BCUT2D eigenvalue weighted by atomic mass is 10.1. The summed E-state index contributed by atoms with van der Waals surface area (Å²) < 4.78 is 5.73. The van der Waals surface area contributed by atoms with Crippen LogP contribution in [0.25, 0.3) is 0 Å². The van der Waals surface area contributed by atoms with Crippen molar-refractivity contribution in [3.8, 4) is 5.75 Å². The van der Waals surface area contributed by atoms with Crippen molar-refractivity contribution in [1.82, 2.24) is 0 Å². The summed E-state index contributed by atoms with van der Waals surface area (Å²) in [6, 6.07) is 13.9. The summed E-state index contributed by atoms with van der Waals surface area (Å²) in [6.45, 7) is 4.72. The summed E-state index contributed by atoms with van der Waals surface area (Å²) in [5.41, 5.74) is 3.68. The number of benzene rings is 2. The van der Waals surface area contributed by atoms with Crippen molar-refractivity contribution in [2.24, 2.45) is 0 Å². The van der Waals surface area contributed by atoms with E-state index in [-0.39, 0.29) is 0 Å². The highest BCUT2D eigenvalue weighted by atomic mass is 35.5. The summed E-state index contributed by atoms with van der Waals surface area (Å²) >= 11 is 6.04. The van der Waals surface area contributed by atoms with E-state index in [1.807, 2.05) is 24.3 Å². The van der Waals surface area contributed by atoms with E-state index in [4.69, 9.17) is 16.3 Å². The largest absolute Gasteiger partial charge is 0.487 e. The van der Waals surface area contributed by atoms with Crippen molar-refractivity contribution in [3.05, 3.63) is 64.2 Å². The van der Waals surface area contributed by atoms with Gasteiger partial charge < -0.3 is 4.74 Å². The van der Waals surface area contributed by atoms with Crippen molar-refractivity contribution in [3.63, 3.8) is 0 Å². The molecule has 0 bridgehead atoms. The molecule has 0 saturated carbocycles. The molecule has 2 aromatic carbocycles. The Morgan fingerprint density at radius 3 is 2.59 bits per heavy atom. The van der Waals surface area contributed by atoms with Gasteiger partial charge in [0, 0.05) is 0 Å². The van der Waals surface area contributed by atoms with Gasteiger partial charge in [0.05, 0.1) is 5.02 Å². The molecule has 0 radical (unpaired) electrons. The van der Waals surface area contributed by atoms with E-state index in [0.29, 0.717) is 11.6 Å². The fourth-order valence-electron chi connectivity index (χ4n) is 1.67. The zero-order chi connectivity index (χ0) is 12.3. The predicted octanol–water partition coefficient (Wildman–Crippen LogP) is 4.54. The number of halogens is 1. The van der Waals surface area contributed by atoms with Crippen molar-refractivity contribution < 1.29 is 4.74 Å². The van der Waals surface area contributed by atoms with Crippen LogP contribution in [0, 0.1) is 13.8 Å². The second kappa shape index (κ2) is 5.24. The number of rotatable bonds is 3. The molecule has 17 heavy (non-hydrogen) atoms. The summed E-state index contributed by atoms with van der Waals surface area (Å²) in [5.74, 6) is 0.732. The SMILES string of the molecule is Cc1ccc(C)c(COc2ccccc2Cl)c1. The molecule has 0 saturated heterocycles. The normalized spacial score (nSPS) is 10.3. The average molecular weight is 247 g/mol. The molecule has 2 aromatic rings. The Hall–Kier alpha value is -1.47. The quantitative estimate of drug-likeness (QED) is 0.773. The third-order valence-corrected chi connectivity index (χ3v) is 3.04. The van der Waals surface area contributed by atoms with Gasteiger partial charge in [-0.2, -0.15) is 0 Å². The fourth-order valence-corrected chi connectivity index (χ4v) is 1.86. The first-order chi connectivity index (χ1) is 8.16. The Balaban J connectivity index is 2.12. The molecule has 0 atom stereocenters. The van der Waals surface area contributed by atoms with Gasteiger partial charge in [-0.15, -0.1) is 0 Å². The number of ether oxygens (including phenoxy) is 1. The second-order valence-corrected chi connectivity index (χ2v) is 4.56. The fraction of sp³-hybridized carbons (Fsp3) is 0.200. The van der Waals surface area contributed by atoms with Gasteiger partial charge in [0.25, 0.3) is 0 Å². The van der Waals surface area contributed by atoms with Crippen molar-refractivity contribution in [2.75, 3.05) is 0 Å². The van der Waals surface area contributed by atoms with E-state index in [1.54, 1.807) is 0 Å². The molecular weight excluding hydrogens is 232 g/mol. The number of para-hydroxylation sites is 1. The highest BCUT2D eigenvalue weighted by Crippen LogP contribution is 2.24. The van der Waals surface area contributed by atoms with Gasteiger partial charge in [0.2, 0.25) is 0 Å². The molecule has 0 amide bonds. The van der Waals surface area contributed by atoms with Crippen LogP contribution < -0.4 is 4.74 Å². The van der Waals surface area contributed by atoms with Gasteiger partial charge in [0.1, 0.15) is 12.4 Å². The molecule has 0 fully saturated rings. The maximum Gasteiger partial charge on any atom is 0.138 e. The lowest BCUT2D eigenvalue weighted by Gasteiger charge is -2.10. The average Bonchev–Trinajstić information content (AvgIpc) is 2.32. The van der Waals surface area contributed by atoms with Crippen LogP contribution in [0.5, 0.6) is 5.75 Å². The summed E-state index contributed by atoms with van der Waals surface area (Å²) in [7, 11) is 0. The zero-order valence-electron chi connectivity index (χ0n) is 10.0. The minimum Gasteiger partial charge on any atom is -0.487 e. The molecule has 0 aliphatic heterocycles. The van der Waals surface area contributed by atoms with E-state index >= 15 is 0 Å². The molecule has 0 N–H and O–H groups in total. The first-order valence-corrected chi connectivity index (χ1v) is 5.98. The van der Waals surface area contributed by atoms with Crippen LogP contribution in [-0.2, 0) is 6.61 Å². The number of hydrogen-bond acceptors (Lipinski definition) is 1. The molecule has 2 rings (SSSR count). The van der Waals surface area contributed by atoms with E-state index < -0.39 is 0 Å². The standard InChI is InChI=1S/C15H15ClO/c1-11-7-8-12(2)13(9-11)10-17-15-6-4-3-5-14(15)16/h3-9H,10H2,1-2H3. The molecule has 0 unspecified atom stereocenters. The van der Waals surface area contributed by atoms with Crippen LogP contribution in [0.4, 0.5) is 0 Å². The molecule has 1 nitrogen and oxygen atoms in total. The van der Waals surface area contributed by atoms with Crippen LogP contribution >= 0.6 is 11.6 Å². The Morgan fingerprint density at radius 1 is 1.06 bits per heavy atom. The Bertz CT molecular complexity index is 520. The minimum absolute atomic E-state index is 0.553. The summed E-state index contributed by atoms with van der Waals surface area (Å²) in [5, 5.41) is 0.651. The molecule has 0 aromatic heterocycles. The van der Waals surface area contributed by atoms with Gasteiger partial charge in [-0.3, -0.25) is 0 Å². The third kappa shape index (κ3) is 3.01. The van der Waals surface area contributed by atoms with Crippen LogP contribution in [0.2, 0.25) is 5.02 Å². The molecule has 0 aliphatic rings. The topological polar surface area (TPSA) is 9.23 Å². The molecule has 2 heteroatoms. The highest BCUT2D eigenvalue weighted by molar-refractivity contribution is 6.32. The lowest BCUT2D eigenvalue weighted by Crippen LogP contribution is -1.98. The first-order valence-electron chi connectivity index (χ1n) is 5.60. The van der Waals surface area contributed by atoms with Gasteiger partial charge in [0.15, 0.2) is 0 Å². The van der Waals surface area contributed by atoms with Crippen LogP contribution in [0.1, 0.15) is 16.7 Å². The second-order valence-electron chi connectivity index (χ2n) is 4.15. The summed E-state index contributed by atoms with van der Waals surface area (Å²) in [6.07, 6.45) is 0. The first kappa shape index (κ1) is 12.0. The monoisotopic (exact) mass is 246 g/mol. The minimum atomic E-state index is 0.553. The van der Waals surface area contributed by atoms with E-state index in [1.165, 1.54) is 16.7 Å². The van der Waals surface area contributed by atoms with Crippen LogP contribution in [0.15, 0.2) is 42.5 Å². The Morgan fingerprint density at radius 2 is 1.82 bits per heavy atom. The predicted molar refractivity (Wildman–Crippen MR) is 71.7 cm³/mol. The lowest BCUT2D eigenvalue weighted by molar-refractivity contribution is 0.305. The number of hydrogen-bond donors (Lipinski definition) is 0. The smallest absolute Gasteiger partial charge is 0.138 e. The van der Waals surface area contributed by atoms with Crippen LogP contribution in [0.3, 0.4) is 0 Å². The van der Waals surface area contributed by atoms with Gasteiger partial charge >= 0.3 is 0 Å².